The molecule has 0 fully saturated rings. The van der Waals surface area contributed by atoms with Crippen molar-refractivity contribution >= 4 is 28.2 Å². The number of rotatable bonds is 3. The van der Waals surface area contributed by atoms with E-state index >= 15 is 0 Å². The predicted molar refractivity (Wildman–Crippen MR) is 85.0 cm³/mol. The highest BCUT2D eigenvalue weighted by atomic mass is 35.5. The Morgan fingerprint density at radius 1 is 1.32 bits per heavy atom. The summed E-state index contributed by atoms with van der Waals surface area (Å²) in [4.78, 5) is 20.8. The number of anilines is 1. The van der Waals surface area contributed by atoms with E-state index in [9.17, 15) is 9.90 Å². The number of pyridine rings is 1. The van der Waals surface area contributed by atoms with Crippen LogP contribution in [0.15, 0.2) is 41.6 Å². The number of nitrogens with zero attached hydrogens (tertiary/aromatic N) is 3. The number of nitrogen functional groups attached to an aromatic ring is 1. The third-order valence-corrected chi connectivity index (χ3v) is 3.69. The summed E-state index contributed by atoms with van der Waals surface area (Å²) >= 11 is 6.07. The number of hydrogen-bond donors (Lipinski definition) is 2. The van der Waals surface area contributed by atoms with Crippen LogP contribution < -0.4 is 11.3 Å². The smallest absolute Gasteiger partial charge is 0.262 e. The molecule has 0 aliphatic carbocycles. The molecular weight excluding hydrogens is 304 g/mol. The summed E-state index contributed by atoms with van der Waals surface area (Å²) in [6, 6.07) is 6.96. The van der Waals surface area contributed by atoms with Gasteiger partial charge in [-0.1, -0.05) is 17.7 Å². The minimum atomic E-state index is -0.318. The Labute approximate surface area is 130 Å². The fourth-order valence-electron chi connectivity index (χ4n) is 2.24. The highest BCUT2D eigenvalue weighted by molar-refractivity contribution is 6.36. The van der Waals surface area contributed by atoms with Crippen molar-refractivity contribution in [2.75, 3.05) is 5.73 Å². The molecule has 0 radical (unpaired) electrons. The van der Waals surface area contributed by atoms with Crippen molar-refractivity contribution in [3.63, 3.8) is 0 Å². The number of hydrogen-bond acceptors (Lipinski definition) is 5. The van der Waals surface area contributed by atoms with E-state index in [1.54, 1.807) is 6.20 Å². The van der Waals surface area contributed by atoms with Gasteiger partial charge in [-0.25, -0.2) is 4.98 Å². The molecular formula is C15H13ClN4O2. The molecule has 3 aromatic rings. The second-order valence-corrected chi connectivity index (χ2v) is 5.24. The fraction of sp³-hybridized carbons (Fsp3) is 0.133. The first-order valence-electron chi connectivity index (χ1n) is 6.64. The molecule has 7 heteroatoms. The van der Waals surface area contributed by atoms with Crippen molar-refractivity contribution in [1.29, 1.82) is 0 Å². The fourth-order valence-corrected chi connectivity index (χ4v) is 2.53. The Morgan fingerprint density at radius 3 is 2.86 bits per heavy atom. The lowest BCUT2D eigenvalue weighted by Crippen LogP contribution is -2.22. The zero-order valence-electron chi connectivity index (χ0n) is 11.5. The number of benzene rings is 1. The van der Waals surface area contributed by atoms with Crippen LogP contribution in [0, 0.1) is 0 Å². The van der Waals surface area contributed by atoms with Crippen molar-refractivity contribution in [3.8, 4) is 5.75 Å². The predicted octanol–water partition coefficient (Wildman–Crippen LogP) is 1.98. The van der Waals surface area contributed by atoms with Gasteiger partial charge in [-0.15, -0.1) is 0 Å². The molecule has 0 saturated heterocycles. The van der Waals surface area contributed by atoms with Crippen LogP contribution in [0.25, 0.3) is 10.9 Å². The summed E-state index contributed by atoms with van der Waals surface area (Å²) in [5.74, 6) is -0.228. The second kappa shape index (κ2) is 5.65. The number of nitrogens with two attached hydrogens (primary N) is 1. The van der Waals surface area contributed by atoms with Crippen LogP contribution in [-0.4, -0.2) is 19.6 Å². The van der Waals surface area contributed by atoms with Crippen LogP contribution in [-0.2, 0) is 13.0 Å². The maximum atomic E-state index is 12.5. The summed E-state index contributed by atoms with van der Waals surface area (Å²) in [6.45, 7) is 0.417. The Balaban J connectivity index is 2.02. The quantitative estimate of drug-likeness (QED) is 0.569. The van der Waals surface area contributed by atoms with Crippen molar-refractivity contribution < 1.29 is 5.11 Å². The third kappa shape index (κ3) is 2.48. The van der Waals surface area contributed by atoms with Gasteiger partial charge in [0, 0.05) is 24.9 Å². The molecule has 22 heavy (non-hydrogen) atoms. The van der Waals surface area contributed by atoms with Gasteiger partial charge in [-0.05, 0) is 18.2 Å². The number of phenolic OH excluding ortho intramolecular Hbond substituents is 1. The number of fused-ring (bicyclic) bond motifs is 1. The SMILES string of the molecule is Nc1cc(Cl)c2c(=O)n(CCc3ccccn3)cnc2c1O. The van der Waals surface area contributed by atoms with E-state index in [2.05, 4.69) is 9.97 Å². The van der Waals surface area contributed by atoms with Crippen LogP contribution in [0.1, 0.15) is 5.69 Å². The van der Waals surface area contributed by atoms with Crippen LogP contribution in [0.4, 0.5) is 5.69 Å². The van der Waals surface area contributed by atoms with Crippen LogP contribution >= 0.6 is 11.6 Å². The van der Waals surface area contributed by atoms with Crippen LogP contribution in [0.5, 0.6) is 5.75 Å². The summed E-state index contributed by atoms with van der Waals surface area (Å²) in [5, 5.41) is 10.2. The summed E-state index contributed by atoms with van der Waals surface area (Å²) in [7, 11) is 0. The zero-order chi connectivity index (χ0) is 15.7. The van der Waals surface area contributed by atoms with E-state index in [-0.39, 0.29) is 32.9 Å². The van der Waals surface area contributed by atoms with E-state index in [4.69, 9.17) is 17.3 Å². The van der Waals surface area contributed by atoms with Crippen molar-refractivity contribution in [1.82, 2.24) is 14.5 Å². The lowest BCUT2D eigenvalue weighted by Gasteiger charge is -2.09. The van der Waals surface area contributed by atoms with Gasteiger partial charge < -0.3 is 10.8 Å². The molecule has 1 aromatic carbocycles. The van der Waals surface area contributed by atoms with Gasteiger partial charge in [0.15, 0.2) is 5.75 Å². The standard InChI is InChI=1S/C15H13ClN4O2/c16-10-7-11(17)14(21)13-12(10)15(22)20(8-19-13)6-4-9-3-1-2-5-18-9/h1-3,5,7-8,21H,4,6,17H2. The average molecular weight is 317 g/mol. The minimum Gasteiger partial charge on any atom is -0.504 e. The van der Waals surface area contributed by atoms with Gasteiger partial charge in [0.2, 0.25) is 0 Å². The zero-order valence-corrected chi connectivity index (χ0v) is 12.3. The number of aryl methyl sites for hydroxylation is 2. The molecule has 0 atom stereocenters. The van der Waals surface area contributed by atoms with Gasteiger partial charge in [0.25, 0.3) is 5.56 Å². The monoisotopic (exact) mass is 316 g/mol. The van der Waals surface area contributed by atoms with Gasteiger partial charge >= 0.3 is 0 Å². The molecule has 0 spiro atoms. The van der Waals surface area contributed by atoms with Crippen molar-refractivity contribution in [3.05, 3.63) is 57.9 Å². The average Bonchev–Trinajstić information content (AvgIpc) is 2.52. The van der Waals surface area contributed by atoms with Crippen molar-refractivity contribution in [2.45, 2.75) is 13.0 Å². The maximum absolute atomic E-state index is 12.5. The van der Waals surface area contributed by atoms with E-state index in [1.165, 1.54) is 17.0 Å². The largest absolute Gasteiger partial charge is 0.504 e. The van der Waals surface area contributed by atoms with E-state index in [0.717, 1.165) is 5.69 Å². The normalized spacial score (nSPS) is 11.0. The van der Waals surface area contributed by atoms with Gasteiger partial charge in [0.05, 0.1) is 22.4 Å². The van der Waals surface area contributed by atoms with Gasteiger partial charge in [-0.2, -0.15) is 0 Å². The first-order chi connectivity index (χ1) is 10.6. The molecule has 6 nitrogen and oxygen atoms in total. The summed E-state index contributed by atoms with van der Waals surface area (Å²) in [5.41, 5.74) is 6.38. The summed E-state index contributed by atoms with van der Waals surface area (Å²) < 4.78 is 1.44. The lowest BCUT2D eigenvalue weighted by molar-refractivity contribution is 0.482. The molecule has 3 N–H and O–H groups in total. The molecule has 0 bridgehead atoms. The van der Waals surface area contributed by atoms with E-state index < -0.39 is 0 Å². The van der Waals surface area contributed by atoms with Crippen LogP contribution in [0.2, 0.25) is 5.02 Å². The Morgan fingerprint density at radius 2 is 2.14 bits per heavy atom. The first-order valence-corrected chi connectivity index (χ1v) is 7.01. The number of phenols is 1. The van der Waals surface area contributed by atoms with Gasteiger partial charge in [0.1, 0.15) is 5.52 Å². The minimum absolute atomic E-state index is 0.0932. The Bertz CT molecular complexity index is 893. The molecule has 2 aromatic heterocycles. The van der Waals surface area contributed by atoms with E-state index in [0.29, 0.717) is 13.0 Å². The first kappa shape index (κ1) is 14.3. The van der Waals surface area contributed by atoms with Gasteiger partial charge in [-0.3, -0.25) is 14.3 Å². The molecule has 0 amide bonds. The highest BCUT2D eigenvalue weighted by Crippen LogP contribution is 2.32. The van der Waals surface area contributed by atoms with Crippen LogP contribution in [0.3, 0.4) is 0 Å². The number of aromatic nitrogens is 3. The number of halogens is 1. The van der Waals surface area contributed by atoms with E-state index in [1.807, 2.05) is 18.2 Å². The highest BCUT2D eigenvalue weighted by Gasteiger charge is 2.14. The molecule has 3 rings (SSSR count). The topological polar surface area (TPSA) is 94.0 Å². The second-order valence-electron chi connectivity index (χ2n) is 4.83. The summed E-state index contributed by atoms with van der Waals surface area (Å²) in [6.07, 6.45) is 3.67. The van der Waals surface area contributed by atoms with Crippen molar-refractivity contribution in [2.24, 2.45) is 0 Å². The molecule has 0 saturated carbocycles. The Kier molecular flexibility index (Phi) is 3.68. The molecule has 0 aliphatic heterocycles. The Hall–Kier alpha value is -2.60. The third-order valence-electron chi connectivity index (χ3n) is 3.39. The molecule has 2 heterocycles. The maximum Gasteiger partial charge on any atom is 0.262 e. The molecule has 0 aliphatic rings. The lowest BCUT2D eigenvalue weighted by atomic mass is 10.2. The molecule has 112 valence electrons. The number of aromatic hydroxyl groups is 1. The molecule has 0 unspecified atom stereocenters.